The highest BCUT2D eigenvalue weighted by molar-refractivity contribution is 5.80. The Morgan fingerprint density at radius 2 is 1.86 bits per heavy atom. The van der Waals surface area contributed by atoms with E-state index in [-0.39, 0.29) is 18.5 Å². The summed E-state index contributed by atoms with van der Waals surface area (Å²) < 4.78 is 5.39. The third-order valence-electron chi connectivity index (χ3n) is 5.21. The van der Waals surface area contributed by atoms with E-state index in [4.69, 9.17) is 4.74 Å². The second-order valence-electron chi connectivity index (χ2n) is 6.54. The Kier molecular flexibility index (Phi) is 4.08. The molecule has 1 aliphatic rings. The zero-order valence-corrected chi connectivity index (χ0v) is 12.8. The number of ether oxygens (including phenoxy) is 1. The molecule has 0 unspecified atom stereocenters. The summed E-state index contributed by atoms with van der Waals surface area (Å²) in [6.45, 7) is 5.65. The van der Waals surface area contributed by atoms with Gasteiger partial charge in [-0.3, -0.25) is 9.59 Å². The van der Waals surface area contributed by atoms with Gasteiger partial charge in [0.2, 0.25) is 0 Å². The molecule has 2 atom stereocenters. The molecule has 4 heteroatoms. The van der Waals surface area contributed by atoms with Crippen molar-refractivity contribution in [1.29, 1.82) is 0 Å². The van der Waals surface area contributed by atoms with Gasteiger partial charge in [-0.1, -0.05) is 44.2 Å². The fourth-order valence-corrected chi connectivity index (χ4v) is 3.12. The van der Waals surface area contributed by atoms with Crippen LogP contribution in [0.4, 0.5) is 0 Å². The highest BCUT2D eigenvalue weighted by Crippen LogP contribution is 2.56. The first-order valence-corrected chi connectivity index (χ1v) is 7.23. The summed E-state index contributed by atoms with van der Waals surface area (Å²) in [7, 11) is 0. The lowest BCUT2D eigenvalue weighted by atomic mass is 9.66. The van der Waals surface area contributed by atoms with Crippen molar-refractivity contribution in [3.05, 3.63) is 35.9 Å². The molecule has 0 heterocycles. The number of carbonyl (C=O) groups excluding carboxylic acids is 1. The van der Waals surface area contributed by atoms with Crippen molar-refractivity contribution in [2.75, 3.05) is 0 Å². The van der Waals surface area contributed by atoms with Gasteiger partial charge in [-0.25, -0.2) is 0 Å². The Bertz CT molecular complexity index is 535. The van der Waals surface area contributed by atoms with E-state index in [1.807, 2.05) is 44.2 Å². The molecule has 4 nitrogen and oxygen atoms in total. The third-order valence-corrected chi connectivity index (χ3v) is 5.21. The molecule has 1 aromatic rings. The number of carboxylic acids is 1. The van der Waals surface area contributed by atoms with Crippen molar-refractivity contribution >= 4 is 11.9 Å². The van der Waals surface area contributed by atoms with Gasteiger partial charge in [0.15, 0.2) is 0 Å². The van der Waals surface area contributed by atoms with Gasteiger partial charge in [0, 0.05) is 0 Å². The van der Waals surface area contributed by atoms with Gasteiger partial charge in [-0.05, 0) is 30.7 Å². The Labute approximate surface area is 125 Å². The molecule has 21 heavy (non-hydrogen) atoms. The van der Waals surface area contributed by atoms with Crippen LogP contribution < -0.4 is 0 Å². The van der Waals surface area contributed by atoms with Crippen molar-refractivity contribution in [3.8, 4) is 0 Å². The number of carboxylic acid groups (broad SMARTS) is 1. The van der Waals surface area contributed by atoms with Gasteiger partial charge in [-0.2, -0.15) is 0 Å². The first-order chi connectivity index (χ1) is 9.79. The summed E-state index contributed by atoms with van der Waals surface area (Å²) in [5.41, 5.74) is -0.571. The number of esters is 1. The molecular formula is C17H22O4. The topological polar surface area (TPSA) is 63.6 Å². The number of hydrogen-bond donors (Lipinski definition) is 1. The second kappa shape index (κ2) is 5.51. The van der Waals surface area contributed by atoms with Gasteiger partial charge >= 0.3 is 11.9 Å². The smallest absolute Gasteiger partial charge is 0.309 e. The van der Waals surface area contributed by atoms with Crippen molar-refractivity contribution in [3.63, 3.8) is 0 Å². The SMILES string of the molecule is CC1(C)[C@H](C(=O)OCc2ccccc2)CC[C@@]1(C)C(=O)O. The van der Waals surface area contributed by atoms with Crippen LogP contribution in [0.2, 0.25) is 0 Å². The maximum Gasteiger partial charge on any atom is 0.309 e. The standard InChI is InChI=1S/C17H22O4/c1-16(2)13(9-10-17(16,3)15(19)20)14(18)21-11-12-7-5-4-6-8-12/h4-8,13H,9-11H2,1-3H3,(H,19,20)/t13-,17-/m0/s1. The Morgan fingerprint density at radius 1 is 1.24 bits per heavy atom. The summed E-state index contributed by atoms with van der Waals surface area (Å²) in [6.07, 6.45) is 1.06. The predicted octanol–water partition coefficient (Wildman–Crippen LogP) is 3.26. The van der Waals surface area contributed by atoms with E-state index in [9.17, 15) is 14.7 Å². The minimum absolute atomic E-state index is 0.232. The van der Waals surface area contributed by atoms with Crippen LogP contribution in [0.25, 0.3) is 0 Å². The van der Waals surface area contributed by atoms with Gasteiger partial charge in [0.1, 0.15) is 6.61 Å². The van der Waals surface area contributed by atoms with Crippen LogP contribution in [0.3, 0.4) is 0 Å². The maximum atomic E-state index is 12.3. The summed E-state index contributed by atoms with van der Waals surface area (Å²) in [5.74, 6) is -1.51. The molecule has 0 saturated heterocycles. The Morgan fingerprint density at radius 3 is 2.38 bits per heavy atom. The Balaban J connectivity index is 2.05. The molecule has 0 bridgehead atoms. The quantitative estimate of drug-likeness (QED) is 0.864. The van der Waals surface area contributed by atoms with E-state index >= 15 is 0 Å². The Hall–Kier alpha value is -1.84. The minimum Gasteiger partial charge on any atom is -0.481 e. The van der Waals surface area contributed by atoms with Crippen LogP contribution in [0.1, 0.15) is 39.2 Å². The lowest BCUT2D eigenvalue weighted by Crippen LogP contribution is -2.43. The summed E-state index contributed by atoms with van der Waals surface area (Å²) in [5, 5.41) is 9.46. The maximum absolute atomic E-state index is 12.3. The zero-order chi connectivity index (χ0) is 15.7. The van der Waals surface area contributed by atoms with E-state index in [1.165, 1.54) is 0 Å². The van der Waals surface area contributed by atoms with Crippen molar-refractivity contribution in [2.24, 2.45) is 16.7 Å². The third kappa shape index (κ3) is 2.67. The molecular weight excluding hydrogens is 268 g/mol. The number of benzene rings is 1. The van der Waals surface area contributed by atoms with Crippen LogP contribution in [0.5, 0.6) is 0 Å². The van der Waals surface area contributed by atoms with E-state index in [2.05, 4.69) is 0 Å². The van der Waals surface area contributed by atoms with E-state index < -0.39 is 16.8 Å². The lowest BCUT2D eigenvalue weighted by Gasteiger charge is -2.37. The van der Waals surface area contributed by atoms with Crippen molar-refractivity contribution < 1.29 is 19.4 Å². The van der Waals surface area contributed by atoms with Crippen LogP contribution in [-0.4, -0.2) is 17.0 Å². The molecule has 1 fully saturated rings. The number of carbonyl (C=O) groups is 2. The molecule has 0 aromatic heterocycles. The molecule has 0 spiro atoms. The van der Waals surface area contributed by atoms with Gasteiger partial charge in [-0.15, -0.1) is 0 Å². The molecule has 2 rings (SSSR count). The predicted molar refractivity (Wildman–Crippen MR) is 78.5 cm³/mol. The first-order valence-electron chi connectivity index (χ1n) is 7.23. The van der Waals surface area contributed by atoms with Crippen LogP contribution in [-0.2, 0) is 20.9 Å². The number of aliphatic carboxylic acids is 1. The highest BCUT2D eigenvalue weighted by atomic mass is 16.5. The molecule has 0 amide bonds. The highest BCUT2D eigenvalue weighted by Gasteiger charge is 2.58. The number of hydrogen-bond acceptors (Lipinski definition) is 3. The van der Waals surface area contributed by atoms with Gasteiger partial charge in [0.05, 0.1) is 11.3 Å². The average Bonchev–Trinajstić information content (AvgIpc) is 2.69. The van der Waals surface area contributed by atoms with Gasteiger partial charge < -0.3 is 9.84 Å². The van der Waals surface area contributed by atoms with E-state index in [1.54, 1.807) is 6.92 Å². The fraction of sp³-hybridized carbons (Fsp3) is 0.529. The van der Waals surface area contributed by atoms with E-state index in [0.29, 0.717) is 12.8 Å². The second-order valence-corrected chi connectivity index (χ2v) is 6.54. The molecule has 0 aliphatic heterocycles. The fourth-order valence-electron chi connectivity index (χ4n) is 3.12. The van der Waals surface area contributed by atoms with E-state index in [0.717, 1.165) is 5.56 Å². The molecule has 0 radical (unpaired) electrons. The van der Waals surface area contributed by atoms with Crippen LogP contribution in [0, 0.1) is 16.7 Å². The zero-order valence-electron chi connectivity index (χ0n) is 12.8. The summed E-state index contributed by atoms with van der Waals surface area (Å²) >= 11 is 0. The number of rotatable bonds is 4. The minimum atomic E-state index is -0.885. The van der Waals surface area contributed by atoms with Crippen molar-refractivity contribution in [1.82, 2.24) is 0 Å². The molecule has 1 saturated carbocycles. The van der Waals surface area contributed by atoms with Crippen LogP contribution in [0.15, 0.2) is 30.3 Å². The summed E-state index contributed by atoms with van der Waals surface area (Å²) in [4.78, 5) is 23.9. The molecule has 1 N–H and O–H groups in total. The monoisotopic (exact) mass is 290 g/mol. The van der Waals surface area contributed by atoms with Crippen LogP contribution >= 0.6 is 0 Å². The summed E-state index contributed by atoms with van der Waals surface area (Å²) in [6, 6.07) is 9.49. The van der Waals surface area contributed by atoms with Gasteiger partial charge in [0.25, 0.3) is 0 Å². The molecule has 114 valence electrons. The molecule has 1 aliphatic carbocycles. The average molecular weight is 290 g/mol. The van der Waals surface area contributed by atoms with Crippen molar-refractivity contribution in [2.45, 2.75) is 40.2 Å². The molecule has 1 aromatic carbocycles. The largest absolute Gasteiger partial charge is 0.481 e. The lowest BCUT2D eigenvalue weighted by molar-refractivity contribution is -0.161. The first kappa shape index (κ1) is 15.5. The normalized spacial score (nSPS) is 27.3.